The summed E-state index contributed by atoms with van der Waals surface area (Å²) in [6, 6.07) is 0. The van der Waals surface area contributed by atoms with Gasteiger partial charge in [0.25, 0.3) is 0 Å². The minimum absolute atomic E-state index is 0.397. The molecule has 0 aromatic carbocycles. The van der Waals surface area contributed by atoms with Gasteiger partial charge in [-0.3, -0.25) is 0 Å². The van der Waals surface area contributed by atoms with Crippen LogP contribution in [0, 0.1) is 5.92 Å². The molecule has 0 radical (unpaired) electrons. The highest BCUT2D eigenvalue weighted by Gasteiger charge is 2.20. The molecule has 60 valence electrons. The molecule has 1 heterocycles. The highest BCUT2D eigenvalue weighted by Crippen LogP contribution is 2.18. The first-order chi connectivity index (χ1) is 4.84. The van der Waals surface area contributed by atoms with E-state index in [1.165, 1.54) is 12.8 Å². The zero-order valence-electron chi connectivity index (χ0n) is 6.80. The largest absolute Gasteiger partial charge is 0.355 e. The zero-order chi connectivity index (χ0) is 7.40. The number of hydrogen-bond acceptors (Lipinski definition) is 2. The minimum atomic E-state index is 0.397. The van der Waals surface area contributed by atoms with Crippen LogP contribution in [-0.2, 0) is 9.47 Å². The van der Waals surface area contributed by atoms with E-state index in [0.717, 1.165) is 6.61 Å². The van der Waals surface area contributed by atoms with Gasteiger partial charge in [0.2, 0.25) is 0 Å². The molecule has 10 heavy (non-hydrogen) atoms. The normalized spacial score (nSPS) is 34.2. The lowest BCUT2D eigenvalue weighted by Crippen LogP contribution is -2.31. The van der Waals surface area contributed by atoms with Crippen molar-refractivity contribution in [3.05, 3.63) is 0 Å². The molecule has 0 amide bonds. The lowest BCUT2D eigenvalue weighted by Gasteiger charge is -2.28. The summed E-state index contributed by atoms with van der Waals surface area (Å²) < 4.78 is 10.5. The summed E-state index contributed by atoms with van der Waals surface area (Å²) in [6.07, 6.45) is 2.84. The summed E-state index contributed by atoms with van der Waals surface area (Å²) in [4.78, 5) is 0. The summed E-state index contributed by atoms with van der Waals surface area (Å²) in [6.45, 7) is 5.70. The first kappa shape index (κ1) is 8.02. The molecule has 0 aromatic rings. The van der Waals surface area contributed by atoms with Crippen molar-refractivity contribution in [2.45, 2.75) is 32.8 Å². The summed E-state index contributed by atoms with van der Waals surface area (Å²) >= 11 is 0. The van der Waals surface area contributed by atoms with Gasteiger partial charge in [0, 0.05) is 5.92 Å². The number of hydrogen-bond donors (Lipinski definition) is 0. The Morgan fingerprint density at radius 1 is 1.50 bits per heavy atom. The Labute approximate surface area is 62.5 Å². The van der Waals surface area contributed by atoms with Gasteiger partial charge in [-0.05, 0) is 13.3 Å². The molecule has 0 N–H and O–H groups in total. The second-order valence-electron chi connectivity index (χ2n) is 2.91. The van der Waals surface area contributed by atoms with Gasteiger partial charge in [0.15, 0.2) is 0 Å². The number of ether oxygens (including phenoxy) is 2. The van der Waals surface area contributed by atoms with E-state index in [0.29, 0.717) is 18.8 Å². The van der Waals surface area contributed by atoms with Crippen LogP contribution in [0.1, 0.15) is 26.7 Å². The van der Waals surface area contributed by atoms with Gasteiger partial charge < -0.3 is 9.47 Å². The molecule has 1 rings (SSSR count). The first-order valence-electron chi connectivity index (χ1n) is 4.04. The molecule has 2 atom stereocenters. The monoisotopic (exact) mass is 144 g/mol. The lowest BCUT2D eigenvalue weighted by molar-refractivity contribution is -0.164. The van der Waals surface area contributed by atoms with Crippen molar-refractivity contribution in [3.63, 3.8) is 0 Å². The van der Waals surface area contributed by atoms with Gasteiger partial charge >= 0.3 is 0 Å². The Morgan fingerprint density at radius 2 is 2.30 bits per heavy atom. The maximum absolute atomic E-state index is 5.32. The summed E-state index contributed by atoms with van der Waals surface area (Å²) in [7, 11) is 0. The topological polar surface area (TPSA) is 18.5 Å². The molecule has 1 aliphatic rings. The lowest BCUT2D eigenvalue weighted by atomic mass is 9.99. The van der Waals surface area contributed by atoms with Crippen LogP contribution < -0.4 is 0 Å². The van der Waals surface area contributed by atoms with Gasteiger partial charge in [0.1, 0.15) is 6.79 Å². The van der Waals surface area contributed by atoms with E-state index in [1.54, 1.807) is 0 Å². The van der Waals surface area contributed by atoms with Crippen molar-refractivity contribution in [2.24, 2.45) is 5.92 Å². The third-order valence-corrected chi connectivity index (χ3v) is 2.07. The summed E-state index contributed by atoms with van der Waals surface area (Å²) in [5.74, 6) is 0.624. The molecule has 0 aliphatic carbocycles. The van der Waals surface area contributed by atoms with E-state index in [4.69, 9.17) is 9.47 Å². The van der Waals surface area contributed by atoms with Crippen molar-refractivity contribution in [1.82, 2.24) is 0 Å². The van der Waals surface area contributed by atoms with Crippen LogP contribution >= 0.6 is 0 Å². The molecule has 1 saturated heterocycles. The van der Waals surface area contributed by atoms with Crippen molar-refractivity contribution < 1.29 is 9.47 Å². The Bertz CT molecular complexity index is 91.3. The third-order valence-electron chi connectivity index (χ3n) is 2.07. The van der Waals surface area contributed by atoms with Crippen molar-refractivity contribution in [2.75, 3.05) is 13.4 Å². The predicted octanol–water partition coefficient (Wildman–Crippen LogP) is 1.80. The van der Waals surface area contributed by atoms with E-state index in [1.807, 2.05) is 0 Å². The smallest absolute Gasteiger partial charge is 0.147 e. The first-order valence-corrected chi connectivity index (χ1v) is 4.04. The zero-order valence-corrected chi connectivity index (χ0v) is 6.80. The molecule has 0 bridgehead atoms. The second kappa shape index (κ2) is 3.94. The Balaban J connectivity index is 2.25. The van der Waals surface area contributed by atoms with Crippen LogP contribution in [0.25, 0.3) is 0 Å². The van der Waals surface area contributed by atoms with Crippen molar-refractivity contribution in [1.29, 1.82) is 0 Å². The van der Waals surface area contributed by atoms with Crippen molar-refractivity contribution in [3.8, 4) is 0 Å². The van der Waals surface area contributed by atoms with Crippen LogP contribution in [0.3, 0.4) is 0 Å². The van der Waals surface area contributed by atoms with Gasteiger partial charge in [-0.25, -0.2) is 0 Å². The van der Waals surface area contributed by atoms with Gasteiger partial charge in [-0.2, -0.15) is 0 Å². The molecule has 2 heteroatoms. The molecule has 0 spiro atoms. The van der Waals surface area contributed by atoms with Crippen LogP contribution in [0.5, 0.6) is 0 Å². The average Bonchev–Trinajstić information content (AvgIpc) is 1.94. The highest BCUT2D eigenvalue weighted by molar-refractivity contribution is 4.67. The molecule has 2 nitrogen and oxygen atoms in total. The molecular formula is C8H16O2. The Kier molecular flexibility index (Phi) is 3.16. The van der Waals surface area contributed by atoms with E-state index >= 15 is 0 Å². The van der Waals surface area contributed by atoms with E-state index < -0.39 is 0 Å². The maximum atomic E-state index is 5.32. The fourth-order valence-electron chi connectivity index (χ4n) is 1.32. The number of rotatable bonds is 2. The fraction of sp³-hybridized carbons (Fsp3) is 1.00. The fourth-order valence-corrected chi connectivity index (χ4v) is 1.32. The maximum Gasteiger partial charge on any atom is 0.147 e. The summed E-state index contributed by atoms with van der Waals surface area (Å²) in [5.41, 5.74) is 0. The Hall–Kier alpha value is -0.0800. The van der Waals surface area contributed by atoms with E-state index in [-0.39, 0.29) is 0 Å². The molecular weight excluding hydrogens is 128 g/mol. The van der Waals surface area contributed by atoms with E-state index in [9.17, 15) is 0 Å². The van der Waals surface area contributed by atoms with Crippen LogP contribution in [0.15, 0.2) is 0 Å². The minimum Gasteiger partial charge on any atom is -0.355 e. The molecule has 0 aromatic heterocycles. The third kappa shape index (κ3) is 1.96. The van der Waals surface area contributed by atoms with Crippen LogP contribution in [0.2, 0.25) is 0 Å². The standard InChI is InChI=1S/C8H16O2/c1-3-4-8-5-9-6-10-7(8)2/h7-8H,3-6H2,1-2H3. The SMILES string of the molecule is CCCC1COCOC1C. The molecule has 2 unspecified atom stereocenters. The average molecular weight is 144 g/mol. The molecule has 1 aliphatic heterocycles. The van der Waals surface area contributed by atoms with Gasteiger partial charge in [-0.15, -0.1) is 0 Å². The quantitative estimate of drug-likeness (QED) is 0.588. The Morgan fingerprint density at radius 3 is 2.90 bits per heavy atom. The highest BCUT2D eigenvalue weighted by atomic mass is 16.7. The predicted molar refractivity (Wildman–Crippen MR) is 39.8 cm³/mol. The van der Waals surface area contributed by atoms with Crippen molar-refractivity contribution >= 4 is 0 Å². The van der Waals surface area contributed by atoms with Crippen LogP contribution in [-0.4, -0.2) is 19.5 Å². The van der Waals surface area contributed by atoms with Gasteiger partial charge in [0.05, 0.1) is 12.7 Å². The van der Waals surface area contributed by atoms with Gasteiger partial charge in [-0.1, -0.05) is 13.3 Å². The van der Waals surface area contributed by atoms with Crippen LogP contribution in [0.4, 0.5) is 0 Å². The summed E-state index contributed by atoms with van der Waals surface area (Å²) in [5, 5.41) is 0. The molecule has 1 fully saturated rings. The van der Waals surface area contributed by atoms with E-state index in [2.05, 4.69) is 13.8 Å². The molecule has 0 saturated carbocycles. The second-order valence-corrected chi connectivity index (χ2v) is 2.91.